The normalized spacial score (nSPS) is 11.3. The van der Waals surface area contributed by atoms with Gasteiger partial charge in [-0.3, -0.25) is 0 Å². The van der Waals surface area contributed by atoms with E-state index < -0.39 is 5.09 Å². The van der Waals surface area contributed by atoms with Crippen molar-refractivity contribution in [1.82, 2.24) is 9.55 Å². The van der Waals surface area contributed by atoms with Crippen molar-refractivity contribution in [3.63, 3.8) is 0 Å². The molecule has 154 valence electrons. The number of thioether (sulfide) groups is 1. The largest absolute Gasteiger partial charge is 0.492 e. The summed E-state index contributed by atoms with van der Waals surface area (Å²) in [6, 6.07) is 13.0. The number of rotatable bonds is 7. The second kappa shape index (κ2) is 11.8. The van der Waals surface area contributed by atoms with Gasteiger partial charge in [0, 0.05) is 28.9 Å². The van der Waals surface area contributed by atoms with Crippen molar-refractivity contribution in [2.45, 2.75) is 16.7 Å². The van der Waals surface area contributed by atoms with Crippen LogP contribution in [-0.2, 0) is 6.54 Å². The predicted octanol–water partition coefficient (Wildman–Crippen LogP) is 5.74. The zero-order chi connectivity index (χ0) is 21.2. The minimum atomic E-state index is -1.50. The first kappa shape index (κ1) is 23.2. The minimum absolute atomic E-state index is 0.169. The number of halogens is 3. The van der Waals surface area contributed by atoms with E-state index in [4.69, 9.17) is 54.9 Å². The van der Waals surface area contributed by atoms with Gasteiger partial charge in [0.25, 0.3) is 5.09 Å². The van der Waals surface area contributed by atoms with Crippen LogP contribution in [0.2, 0.25) is 15.1 Å². The van der Waals surface area contributed by atoms with Crippen LogP contribution >= 0.6 is 46.6 Å². The zero-order valence-corrected chi connectivity index (χ0v) is 17.9. The average molecular weight is 477 g/mol. The highest BCUT2D eigenvalue weighted by atomic mass is 35.5. The second-order valence-electron chi connectivity index (χ2n) is 5.58. The summed E-state index contributed by atoms with van der Waals surface area (Å²) < 4.78 is 7.95. The molecule has 1 unspecified atom stereocenters. The van der Waals surface area contributed by atoms with E-state index in [1.54, 1.807) is 30.4 Å². The maximum atomic E-state index is 8.36. The van der Waals surface area contributed by atoms with Gasteiger partial charge in [0.2, 0.25) is 0 Å². The molecule has 7 nitrogen and oxygen atoms in total. The molecule has 0 aliphatic rings. The van der Waals surface area contributed by atoms with Gasteiger partial charge in [-0.05, 0) is 42.5 Å². The van der Waals surface area contributed by atoms with Crippen molar-refractivity contribution in [3.8, 4) is 5.75 Å². The Morgan fingerprint density at radius 1 is 1.17 bits per heavy atom. The lowest BCUT2D eigenvalue weighted by Gasteiger charge is -2.18. The molecule has 3 rings (SSSR count). The third-order valence-electron chi connectivity index (χ3n) is 3.42. The summed E-state index contributed by atoms with van der Waals surface area (Å²) in [4.78, 5) is 13.5. The lowest BCUT2D eigenvalue weighted by Crippen LogP contribution is -2.20. The molecule has 0 aliphatic carbocycles. The quantitative estimate of drug-likeness (QED) is 0.266. The Morgan fingerprint density at radius 2 is 1.86 bits per heavy atom. The zero-order valence-electron chi connectivity index (χ0n) is 14.8. The number of nitrogens with zero attached hydrogens (tertiary/aromatic N) is 3. The SMILES string of the molecule is Clc1ccc(OCC(Cn2ccnc2)Sc2ccc(Cl)c(Cl)c2)cc1.O=[N+]([O-])O. The summed E-state index contributed by atoms with van der Waals surface area (Å²) in [5.74, 6) is 0.787. The van der Waals surface area contributed by atoms with E-state index in [0.29, 0.717) is 21.7 Å². The monoisotopic (exact) mass is 475 g/mol. The van der Waals surface area contributed by atoms with Crippen molar-refractivity contribution in [2.24, 2.45) is 0 Å². The van der Waals surface area contributed by atoms with Gasteiger partial charge in [0.1, 0.15) is 12.4 Å². The van der Waals surface area contributed by atoms with Crippen LogP contribution < -0.4 is 4.74 Å². The molecular formula is C18H16Cl3N3O4S. The topological polar surface area (TPSA) is 90.4 Å². The van der Waals surface area contributed by atoms with E-state index in [-0.39, 0.29) is 5.25 Å². The van der Waals surface area contributed by atoms with Gasteiger partial charge in [-0.15, -0.1) is 21.9 Å². The maximum Gasteiger partial charge on any atom is 0.291 e. The predicted molar refractivity (Wildman–Crippen MR) is 114 cm³/mol. The molecule has 29 heavy (non-hydrogen) atoms. The van der Waals surface area contributed by atoms with Crippen LogP contribution in [-0.4, -0.2) is 31.7 Å². The Morgan fingerprint density at radius 3 is 2.45 bits per heavy atom. The first-order valence-corrected chi connectivity index (χ1v) is 10.1. The van der Waals surface area contributed by atoms with Crippen molar-refractivity contribution in [2.75, 3.05) is 6.61 Å². The van der Waals surface area contributed by atoms with Crippen molar-refractivity contribution in [1.29, 1.82) is 0 Å². The molecule has 0 radical (unpaired) electrons. The van der Waals surface area contributed by atoms with Gasteiger partial charge < -0.3 is 14.5 Å². The van der Waals surface area contributed by atoms with Gasteiger partial charge in [0.15, 0.2) is 0 Å². The molecule has 0 saturated carbocycles. The van der Waals surface area contributed by atoms with Crippen LogP contribution in [0.4, 0.5) is 0 Å². The van der Waals surface area contributed by atoms with E-state index >= 15 is 0 Å². The molecule has 0 aliphatic heterocycles. The van der Waals surface area contributed by atoms with E-state index in [0.717, 1.165) is 17.2 Å². The molecular weight excluding hydrogens is 461 g/mol. The molecule has 1 atom stereocenters. The Balaban J connectivity index is 0.000000687. The van der Waals surface area contributed by atoms with Crippen LogP contribution in [0.1, 0.15) is 0 Å². The van der Waals surface area contributed by atoms with E-state index in [1.807, 2.05) is 47.2 Å². The summed E-state index contributed by atoms with van der Waals surface area (Å²) in [5, 5.41) is 15.6. The number of aromatic nitrogens is 2. The third-order valence-corrected chi connectivity index (χ3v) is 5.55. The van der Waals surface area contributed by atoms with Crippen LogP contribution in [0.25, 0.3) is 0 Å². The molecule has 1 aromatic heterocycles. The maximum absolute atomic E-state index is 8.36. The molecule has 0 bridgehead atoms. The molecule has 2 aromatic carbocycles. The fourth-order valence-corrected chi connectivity index (χ4v) is 3.81. The van der Waals surface area contributed by atoms with E-state index in [9.17, 15) is 0 Å². The number of imidazole rings is 1. The number of ether oxygens (including phenoxy) is 1. The number of benzene rings is 2. The summed E-state index contributed by atoms with van der Waals surface area (Å²) in [5.41, 5.74) is 0. The van der Waals surface area contributed by atoms with Crippen molar-refractivity contribution >= 4 is 46.6 Å². The van der Waals surface area contributed by atoms with E-state index in [2.05, 4.69) is 4.98 Å². The first-order valence-electron chi connectivity index (χ1n) is 8.12. The Bertz CT molecular complexity index is 907. The minimum Gasteiger partial charge on any atom is -0.492 e. The molecule has 0 amide bonds. The van der Waals surface area contributed by atoms with Gasteiger partial charge in [0.05, 0.1) is 21.6 Å². The Hall–Kier alpha value is -2.13. The fourth-order valence-electron chi connectivity index (χ4n) is 2.22. The van der Waals surface area contributed by atoms with E-state index in [1.165, 1.54) is 0 Å². The molecule has 0 spiro atoms. The van der Waals surface area contributed by atoms with Crippen LogP contribution in [0.5, 0.6) is 5.75 Å². The highest BCUT2D eigenvalue weighted by Gasteiger charge is 2.14. The average Bonchev–Trinajstić information content (AvgIpc) is 3.17. The van der Waals surface area contributed by atoms with Crippen molar-refractivity contribution in [3.05, 3.63) is 86.4 Å². The summed E-state index contributed by atoms with van der Waals surface area (Å²) in [7, 11) is 0. The first-order chi connectivity index (χ1) is 13.8. The van der Waals surface area contributed by atoms with Crippen molar-refractivity contribution < 1.29 is 15.0 Å². The van der Waals surface area contributed by atoms with Gasteiger partial charge >= 0.3 is 0 Å². The fraction of sp³-hybridized carbons (Fsp3) is 0.167. The molecule has 1 N–H and O–H groups in total. The van der Waals surface area contributed by atoms with Gasteiger partial charge in [-0.1, -0.05) is 34.8 Å². The second-order valence-corrected chi connectivity index (χ2v) is 8.20. The number of hydrogen-bond acceptors (Lipinski definition) is 5. The lowest BCUT2D eigenvalue weighted by atomic mass is 10.3. The van der Waals surface area contributed by atoms with Crippen LogP contribution in [0, 0.1) is 10.1 Å². The molecule has 1 heterocycles. The molecule has 0 fully saturated rings. The number of hydrogen-bond donors (Lipinski definition) is 1. The molecule has 3 aromatic rings. The third kappa shape index (κ3) is 8.82. The molecule has 11 heteroatoms. The van der Waals surface area contributed by atoms with Gasteiger partial charge in [-0.2, -0.15) is 0 Å². The smallest absolute Gasteiger partial charge is 0.291 e. The van der Waals surface area contributed by atoms with Crippen LogP contribution in [0.15, 0.2) is 66.1 Å². The Kier molecular flexibility index (Phi) is 9.40. The van der Waals surface area contributed by atoms with Crippen LogP contribution in [0.3, 0.4) is 0 Å². The van der Waals surface area contributed by atoms with Gasteiger partial charge in [-0.25, -0.2) is 4.98 Å². The Labute approximate surface area is 186 Å². The summed E-state index contributed by atoms with van der Waals surface area (Å²) in [6.07, 6.45) is 5.50. The standard InChI is InChI=1S/C18H15Cl3N2OS.HNO3/c19-13-1-3-14(4-2-13)24-11-16(10-23-8-7-22-12-23)25-15-5-6-17(20)18(21)9-15;2-1(3)4/h1-9,12,16H,10-11H2;(H,2,3,4). The summed E-state index contributed by atoms with van der Waals surface area (Å²) in [6.45, 7) is 1.29. The molecule has 0 saturated heterocycles. The highest BCUT2D eigenvalue weighted by Crippen LogP contribution is 2.31. The highest BCUT2D eigenvalue weighted by molar-refractivity contribution is 8.00. The lowest BCUT2D eigenvalue weighted by molar-refractivity contribution is -0.742. The summed E-state index contributed by atoms with van der Waals surface area (Å²) >= 11 is 19.7.